The third kappa shape index (κ3) is 1.69. The van der Waals surface area contributed by atoms with Gasteiger partial charge in [-0.2, -0.15) is 0 Å². The van der Waals surface area contributed by atoms with Gasteiger partial charge in [-0.3, -0.25) is 4.57 Å². The lowest BCUT2D eigenvalue weighted by molar-refractivity contribution is -0.0133. The first-order chi connectivity index (χ1) is 6.54. The molecule has 2 unspecified atom stereocenters. The summed E-state index contributed by atoms with van der Waals surface area (Å²) in [5.74, 6) is 0. The summed E-state index contributed by atoms with van der Waals surface area (Å²) >= 11 is 0. The van der Waals surface area contributed by atoms with Crippen molar-refractivity contribution in [2.75, 3.05) is 0 Å². The summed E-state index contributed by atoms with van der Waals surface area (Å²) in [5.41, 5.74) is 6.50. The van der Waals surface area contributed by atoms with Crippen molar-refractivity contribution in [2.24, 2.45) is 5.11 Å². The summed E-state index contributed by atoms with van der Waals surface area (Å²) in [6, 6.07) is 0. The molecule has 2 N–H and O–H groups in total. The van der Waals surface area contributed by atoms with Crippen LogP contribution in [0, 0.1) is 0 Å². The van der Waals surface area contributed by atoms with Crippen molar-refractivity contribution in [2.45, 2.75) is 18.6 Å². The second-order valence-corrected chi connectivity index (χ2v) is 3.67. The molecule has 0 bridgehead atoms. The Morgan fingerprint density at radius 3 is 2.86 bits per heavy atom. The lowest BCUT2D eigenvalue weighted by atomic mass is 9.91. The van der Waals surface area contributed by atoms with Crippen molar-refractivity contribution in [3.8, 4) is 0 Å². The predicted octanol–water partition coefficient (Wildman–Crippen LogP) is 1.48. The Hall–Kier alpha value is -1.19. The molecular formula is C7H8N3O3P. The molecule has 0 fully saturated rings. The molecule has 74 valence electrons. The fourth-order valence-electron chi connectivity index (χ4n) is 1.12. The van der Waals surface area contributed by atoms with Gasteiger partial charge in [-0.1, -0.05) is 11.2 Å². The third-order valence-electron chi connectivity index (χ3n) is 2.00. The van der Waals surface area contributed by atoms with Gasteiger partial charge in [0.1, 0.15) is 11.7 Å². The van der Waals surface area contributed by atoms with Crippen molar-refractivity contribution >= 4 is 8.46 Å². The molecule has 0 spiro atoms. The van der Waals surface area contributed by atoms with E-state index in [0.717, 1.165) is 0 Å². The van der Waals surface area contributed by atoms with Crippen LogP contribution in [0.3, 0.4) is 0 Å². The lowest BCUT2D eigenvalue weighted by Gasteiger charge is -2.31. The maximum absolute atomic E-state index is 10.5. The number of rotatable bonds is 2. The zero-order valence-corrected chi connectivity index (χ0v) is 8.22. The van der Waals surface area contributed by atoms with Crippen LogP contribution in [0.4, 0.5) is 0 Å². The predicted molar refractivity (Wildman–Crippen MR) is 49.5 cm³/mol. The van der Waals surface area contributed by atoms with Gasteiger partial charge in [0.05, 0.1) is 5.31 Å². The summed E-state index contributed by atoms with van der Waals surface area (Å²) in [6.07, 6.45) is 1.35. The van der Waals surface area contributed by atoms with Crippen LogP contribution in [-0.4, -0.2) is 21.9 Å². The monoisotopic (exact) mass is 213 g/mol. The standard InChI is InChI=1S/C7H8N3O3P/c1-7(12)5(9-10-8)3-2-4(14-13)6(7)11/h2-3,6,11-12H,1H3. The van der Waals surface area contributed by atoms with Crippen molar-refractivity contribution < 1.29 is 14.8 Å². The Labute approximate surface area is 81.4 Å². The number of nitrogens with zero attached hydrogens (tertiary/aromatic N) is 3. The minimum atomic E-state index is -1.70. The van der Waals surface area contributed by atoms with Crippen LogP contribution in [0.25, 0.3) is 10.4 Å². The maximum atomic E-state index is 10.5. The molecule has 2 atom stereocenters. The van der Waals surface area contributed by atoms with E-state index in [1.807, 2.05) is 0 Å². The zero-order chi connectivity index (χ0) is 10.8. The minimum Gasteiger partial charge on any atom is -0.385 e. The third-order valence-corrected chi connectivity index (χ3v) is 2.61. The van der Waals surface area contributed by atoms with Gasteiger partial charge in [0.2, 0.25) is 0 Å². The summed E-state index contributed by atoms with van der Waals surface area (Å²) in [4.78, 5) is 2.52. The molecule has 0 amide bonds. The SMILES string of the molecule is CC1(O)C(N=[N+]=[N-])=CC=C(P=O)C1O. The second kappa shape index (κ2) is 3.90. The first-order valence-corrected chi connectivity index (χ1v) is 4.56. The Kier molecular flexibility index (Phi) is 3.03. The fourth-order valence-corrected chi connectivity index (χ4v) is 1.60. The molecule has 6 nitrogen and oxygen atoms in total. The smallest absolute Gasteiger partial charge is 0.190 e. The summed E-state index contributed by atoms with van der Waals surface area (Å²) in [7, 11) is -0.367. The van der Waals surface area contributed by atoms with Crippen LogP contribution in [0.2, 0.25) is 0 Å². The van der Waals surface area contributed by atoms with Crippen LogP contribution in [-0.2, 0) is 4.57 Å². The number of hydrogen-bond acceptors (Lipinski definition) is 4. The summed E-state index contributed by atoms with van der Waals surface area (Å²) in [5, 5.41) is 22.7. The Morgan fingerprint density at radius 1 is 1.71 bits per heavy atom. The van der Waals surface area contributed by atoms with E-state index in [9.17, 15) is 14.8 Å². The van der Waals surface area contributed by atoms with Crippen molar-refractivity contribution in [3.63, 3.8) is 0 Å². The number of azide groups is 1. The Balaban J connectivity index is 3.20. The van der Waals surface area contributed by atoms with E-state index in [0.29, 0.717) is 0 Å². The van der Waals surface area contributed by atoms with Crippen molar-refractivity contribution in [1.29, 1.82) is 0 Å². The van der Waals surface area contributed by atoms with Crippen LogP contribution in [0.5, 0.6) is 0 Å². The quantitative estimate of drug-likeness (QED) is 0.314. The largest absolute Gasteiger partial charge is 0.385 e. The molecule has 14 heavy (non-hydrogen) atoms. The van der Waals surface area contributed by atoms with Crippen LogP contribution in [0.15, 0.2) is 28.3 Å². The number of allylic oxidation sites excluding steroid dienone is 2. The molecule has 0 aliphatic heterocycles. The van der Waals surface area contributed by atoms with Gasteiger partial charge < -0.3 is 10.2 Å². The average molecular weight is 213 g/mol. The summed E-state index contributed by atoms with van der Waals surface area (Å²) in [6.45, 7) is 1.29. The molecule has 1 rings (SSSR count). The Bertz CT molecular complexity index is 368. The summed E-state index contributed by atoms with van der Waals surface area (Å²) < 4.78 is 10.5. The highest BCUT2D eigenvalue weighted by molar-refractivity contribution is 7.29. The molecule has 1 aliphatic carbocycles. The van der Waals surface area contributed by atoms with E-state index in [1.165, 1.54) is 19.1 Å². The van der Waals surface area contributed by atoms with E-state index in [4.69, 9.17) is 5.53 Å². The molecular weight excluding hydrogens is 205 g/mol. The normalized spacial score (nSPS) is 31.8. The van der Waals surface area contributed by atoms with E-state index in [2.05, 4.69) is 10.0 Å². The zero-order valence-electron chi connectivity index (χ0n) is 7.32. The van der Waals surface area contributed by atoms with Crippen LogP contribution >= 0.6 is 8.46 Å². The molecule has 0 aromatic rings. The molecule has 0 heterocycles. The molecule has 0 aromatic carbocycles. The second-order valence-electron chi connectivity index (χ2n) is 2.97. The van der Waals surface area contributed by atoms with Crippen molar-refractivity contribution in [1.82, 2.24) is 0 Å². The molecule has 0 saturated carbocycles. The van der Waals surface area contributed by atoms with Crippen molar-refractivity contribution in [3.05, 3.63) is 33.6 Å². The van der Waals surface area contributed by atoms with Crippen LogP contribution < -0.4 is 0 Å². The first-order valence-electron chi connectivity index (χ1n) is 3.75. The van der Waals surface area contributed by atoms with Gasteiger partial charge >= 0.3 is 0 Å². The number of hydrogen-bond donors (Lipinski definition) is 2. The highest BCUT2D eigenvalue weighted by Crippen LogP contribution is 2.34. The molecule has 0 aromatic heterocycles. The van der Waals surface area contributed by atoms with E-state index in [1.54, 1.807) is 0 Å². The van der Waals surface area contributed by atoms with Gasteiger partial charge in [0.25, 0.3) is 0 Å². The van der Waals surface area contributed by atoms with Gasteiger partial charge in [-0.15, -0.1) is 0 Å². The highest BCUT2D eigenvalue weighted by Gasteiger charge is 2.38. The van der Waals surface area contributed by atoms with Gasteiger partial charge in [-0.05, 0) is 18.5 Å². The molecule has 1 aliphatic rings. The van der Waals surface area contributed by atoms with Gasteiger partial charge in [0, 0.05) is 10.6 Å². The first kappa shape index (κ1) is 10.9. The van der Waals surface area contributed by atoms with Gasteiger partial charge in [-0.25, -0.2) is 0 Å². The fraction of sp³-hybridized carbons (Fsp3) is 0.429. The number of aliphatic hydroxyl groups excluding tert-OH is 1. The highest BCUT2D eigenvalue weighted by atomic mass is 31.1. The topological polar surface area (TPSA) is 106 Å². The molecule has 7 heteroatoms. The maximum Gasteiger partial charge on any atom is 0.190 e. The average Bonchev–Trinajstić information content (AvgIpc) is 2.14. The minimum absolute atomic E-state index is 0.0000926. The van der Waals surface area contributed by atoms with Gasteiger partial charge in [0.15, 0.2) is 8.46 Å². The Morgan fingerprint density at radius 2 is 2.36 bits per heavy atom. The molecule has 0 radical (unpaired) electrons. The van der Waals surface area contributed by atoms with Crippen LogP contribution in [0.1, 0.15) is 6.92 Å². The molecule has 0 saturated heterocycles. The van der Waals surface area contributed by atoms with E-state index in [-0.39, 0.29) is 19.5 Å². The lowest BCUT2D eigenvalue weighted by Crippen LogP contribution is -2.42. The number of aliphatic hydroxyl groups is 2. The van der Waals surface area contributed by atoms with E-state index >= 15 is 0 Å². The van der Waals surface area contributed by atoms with E-state index < -0.39 is 11.7 Å².